The maximum Gasteiger partial charge on any atom is 0.119 e. The first kappa shape index (κ1) is 18.0. The molecule has 29 heavy (non-hydrogen) atoms. The quantitative estimate of drug-likeness (QED) is 0.332. The molecule has 0 aliphatic rings. The molecule has 0 aliphatic carbocycles. The molecule has 0 unspecified atom stereocenters. The molecule has 6 heteroatoms. The fraction of sp³-hybridized carbons (Fsp3) is 0.0435. The Morgan fingerprint density at radius 3 is 2.45 bits per heavy atom. The molecule has 0 N–H and O–H groups in total. The summed E-state index contributed by atoms with van der Waals surface area (Å²) >= 11 is 12.4. The Morgan fingerprint density at radius 1 is 0.862 bits per heavy atom. The van der Waals surface area contributed by atoms with E-state index in [1.165, 1.54) is 0 Å². The number of benzene rings is 3. The van der Waals surface area contributed by atoms with Crippen molar-refractivity contribution < 1.29 is 4.74 Å². The summed E-state index contributed by atoms with van der Waals surface area (Å²) in [6.45, 7) is 0. The van der Waals surface area contributed by atoms with Gasteiger partial charge in [-0.1, -0.05) is 53.5 Å². The van der Waals surface area contributed by atoms with E-state index in [9.17, 15) is 0 Å². The second-order valence-electron chi connectivity index (χ2n) is 6.63. The van der Waals surface area contributed by atoms with Gasteiger partial charge in [0.1, 0.15) is 11.4 Å². The van der Waals surface area contributed by atoms with Crippen LogP contribution in [0.4, 0.5) is 0 Å². The summed E-state index contributed by atoms with van der Waals surface area (Å²) in [4.78, 5) is 4.65. The van der Waals surface area contributed by atoms with Gasteiger partial charge < -0.3 is 4.74 Å². The Hall–Kier alpha value is -3.08. The average Bonchev–Trinajstić information content (AvgIpc) is 3.16. The van der Waals surface area contributed by atoms with E-state index in [0.29, 0.717) is 10.0 Å². The Morgan fingerprint density at radius 2 is 1.69 bits per heavy atom. The van der Waals surface area contributed by atoms with Gasteiger partial charge in [-0.25, -0.2) is 4.68 Å². The molecule has 0 aliphatic heterocycles. The van der Waals surface area contributed by atoms with E-state index in [0.717, 1.165) is 44.5 Å². The first-order valence-corrected chi connectivity index (χ1v) is 9.77. The third kappa shape index (κ3) is 3.01. The smallest absolute Gasteiger partial charge is 0.119 e. The summed E-state index contributed by atoms with van der Waals surface area (Å²) in [5, 5.41) is 7.81. The lowest BCUT2D eigenvalue weighted by Crippen LogP contribution is -1.97. The van der Waals surface area contributed by atoms with Crippen molar-refractivity contribution in [2.75, 3.05) is 7.11 Å². The van der Waals surface area contributed by atoms with E-state index in [-0.39, 0.29) is 0 Å². The van der Waals surface area contributed by atoms with Gasteiger partial charge in [0, 0.05) is 22.5 Å². The monoisotopic (exact) mass is 419 g/mol. The van der Waals surface area contributed by atoms with Crippen LogP contribution in [0.25, 0.3) is 38.8 Å². The molecular weight excluding hydrogens is 405 g/mol. The molecule has 0 radical (unpaired) electrons. The molecule has 3 aromatic carbocycles. The zero-order valence-corrected chi connectivity index (χ0v) is 16.9. The number of ether oxygens (including phenoxy) is 1. The van der Waals surface area contributed by atoms with E-state index < -0.39 is 0 Å². The van der Waals surface area contributed by atoms with Crippen LogP contribution in [-0.2, 0) is 0 Å². The van der Waals surface area contributed by atoms with E-state index >= 15 is 0 Å². The molecule has 142 valence electrons. The topological polar surface area (TPSA) is 39.9 Å². The maximum absolute atomic E-state index is 6.30. The maximum atomic E-state index is 6.30. The van der Waals surface area contributed by atoms with Crippen LogP contribution in [-0.4, -0.2) is 21.9 Å². The van der Waals surface area contributed by atoms with Gasteiger partial charge in [0.05, 0.1) is 33.9 Å². The Balaban J connectivity index is 1.91. The second-order valence-corrected chi connectivity index (χ2v) is 7.44. The molecule has 4 nitrogen and oxygen atoms in total. The first-order chi connectivity index (χ1) is 14.2. The van der Waals surface area contributed by atoms with Crippen molar-refractivity contribution in [1.29, 1.82) is 0 Å². The fourth-order valence-electron chi connectivity index (χ4n) is 3.50. The Labute approximate surface area is 177 Å². The van der Waals surface area contributed by atoms with Crippen molar-refractivity contribution in [3.8, 4) is 22.7 Å². The van der Waals surface area contributed by atoms with Gasteiger partial charge in [-0.05, 0) is 36.4 Å². The number of hydrogen-bond acceptors (Lipinski definition) is 3. The number of methoxy groups -OCH3 is 1. The molecule has 0 saturated carbocycles. The molecule has 0 spiro atoms. The highest BCUT2D eigenvalue weighted by Gasteiger charge is 2.18. The summed E-state index contributed by atoms with van der Waals surface area (Å²) in [7, 11) is 1.65. The van der Waals surface area contributed by atoms with Crippen molar-refractivity contribution in [3.63, 3.8) is 0 Å². The summed E-state index contributed by atoms with van der Waals surface area (Å²) in [6.07, 6.45) is 1.87. The van der Waals surface area contributed by atoms with Gasteiger partial charge in [0.25, 0.3) is 0 Å². The zero-order chi connectivity index (χ0) is 20.0. The minimum atomic E-state index is 0.477. The minimum absolute atomic E-state index is 0.477. The van der Waals surface area contributed by atoms with Crippen LogP contribution in [0, 0.1) is 0 Å². The normalized spacial score (nSPS) is 11.3. The second kappa shape index (κ2) is 7.07. The Bertz CT molecular complexity index is 1360. The van der Waals surface area contributed by atoms with Crippen molar-refractivity contribution in [1.82, 2.24) is 14.8 Å². The number of pyridine rings is 1. The van der Waals surface area contributed by atoms with Gasteiger partial charge in [-0.2, -0.15) is 5.10 Å². The predicted molar refractivity (Wildman–Crippen MR) is 118 cm³/mol. The highest BCUT2D eigenvalue weighted by atomic mass is 35.5. The number of nitrogens with zero attached hydrogens (tertiary/aromatic N) is 3. The molecule has 0 amide bonds. The van der Waals surface area contributed by atoms with Gasteiger partial charge in [0.15, 0.2) is 0 Å². The molecule has 0 fully saturated rings. The van der Waals surface area contributed by atoms with E-state index in [1.54, 1.807) is 13.2 Å². The summed E-state index contributed by atoms with van der Waals surface area (Å²) < 4.78 is 7.34. The van der Waals surface area contributed by atoms with Crippen LogP contribution < -0.4 is 4.74 Å². The SMILES string of the molecule is COc1ccc2ncc3c(-c4ccccc4)nn(-c4ccc(Cl)c(Cl)c4)c3c2c1. The Kier molecular flexibility index (Phi) is 4.38. The summed E-state index contributed by atoms with van der Waals surface area (Å²) in [5.41, 5.74) is 4.48. The molecule has 5 rings (SSSR count). The van der Waals surface area contributed by atoms with Crippen LogP contribution in [0.5, 0.6) is 5.75 Å². The van der Waals surface area contributed by atoms with Gasteiger partial charge in [-0.15, -0.1) is 0 Å². The molecule has 0 atom stereocenters. The third-order valence-corrected chi connectivity index (χ3v) is 5.65. The van der Waals surface area contributed by atoms with Crippen molar-refractivity contribution >= 4 is 45.0 Å². The lowest BCUT2D eigenvalue weighted by molar-refractivity contribution is 0.415. The summed E-state index contributed by atoms with van der Waals surface area (Å²) in [6, 6.07) is 21.4. The molecule has 0 bridgehead atoms. The number of rotatable bonds is 3. The molecule has 5 aromatic rings. The number of fused-ring (bicyclic) bond motifs is 3. The van der Waals surface area contributed by atoms with Gasteiger partial charge in [-0.3, -0.25) is 4.98 Å². The number of hydrogen-bond donors (Lipinski definition) is 0. The van der Waals surface area contributed by atoms with Crippen molar-refractivity contribution in [3.05, 3.63) is 83.0 Å². The average molecular weight is 420 g/mol. The number of aromatic nitrogens is 3. The van der Waals surface area contributed by atoms with Crippen molar-refractivity contribution in [2.45, 2.75) is 0 Å². The largest absolute Gasteiger partial charge is 0.497 e. The van der Waals surface area contributed by atoms with Crippen LogP contribution >= 0.6 is 23.2 Å². The van der Waals surface area contributed by atoms with Gasteiger partial charge >= 0.3 is 0 Å². The minimum Gasteiger partial charge on any atom is -0.497 e. The third-order valence-electron chi connectivity index (χ3n) is 4.91. The van der Waals surface area contributed by atoms with Gasteiger partial charge in [0.2, 0.25) is 0 Å². The van der Waals surface area contributed by atoms with E-state index in [2.05, 4.69) is 4.98 Å². The molecule has 2 aromatic heterocycles. The van der Waals surface area contributed by atoms with E-state index in [1.807, 2.05) is 71.5 Å². The fourth-order valence-corrected chi connectivity index (χ4v) is 3.80. The lowest BCUT2D eigenvalue weighted by Gasteiger charge is -2.08. The molecule has 0 saturated heterocycles. The highest BCUT2D eigenvalue weighted by Crippen LogP contribution is 2.35. The highest BCUT2D eigenvalue weighted by molar-refractivity contribution is 6.42. The predicted octanol–water partition coefficient (Wildman–Crippen LogP) is 6.56. The first-order valence-electron chi connectivity index (χ1n) is 9.02. The van der Waals surface area contributed by atoms with Crippen LogP contribution in [0.15, 0.2) is 72.9 Å². The standard InChI is InChI=1S/C23H15Cl2N3O/c1-29-16-8-10-21-17(12-16)23-18(13-26-21)22(14-5-3-2-4-6-14)27-28(23)15-7-9-19(24)20(25)11-15/h2-13H,1H3. The lowest BCUT2D eigenvalue weighted by atomic mass is 10.1. The van der Waals surface area contributed by atoms with Crippen LogP contribution in [0.3, 0.4) is 0 Å². The molecular formula is C23H15Cl2N3O. The zero-order valence-electron chi connectivity index (χ0n) is 15.4. The van der Waals surface area contributed by atoms with Crippen molar-refractivity contribution in [2.24, 2.45) is 0 Å². The summed E-state index contributed by atoms with van der Waals surface area (Å²) in [5.74, 6) is 0.759. The van der Waals surface area contributed by atoms with E-state index in [4.69, 9.17) is 33.0 Å². The number of halogens is 2. The van der Waals surface area contributed by atoms with Crippen LogP contribution in [0.1, 0.15) is 0 Å². The molecule has 2 heterocycles. The van der Waals surface area contributed by atoms with Crippen LogP contribution in [0.2, 0.25) is 10.0 Å².